The van der Waals surface area contributed by atoms with Crippen LogP contribution in [0.4, 0.5) is 0 Å². The van der Waals surface area contributed by atoms with Crippen molar-refractivity contribution in [2.45, 2.75) is 168 Å². The minimum Gasteiger partial charge on any atom is -0.394 e. The van der Waals surface area contributed by atoms with Gasteiger partial charge in [0.1, 0.15) is 30.2 Å². The zero-order valence-corrected chi connectivity index (χ0v) is 29.0. The Kier molecular flexibility index (Phi) is 9.31. The first-order valence-corrected chi connectivity index (χ1v) is 17.6. The van der Waals surface area contributed by atoms with Crippen molar-refractivity contribution < 1.29 is 44.9 Å². The van der Waals surface area contributed by atoms with Gasteiger partial charge in [0.15, 0.2) is 6.29 Å². The third kappa shape index (κ3) is 5.57. The molecule has 1 saturated heterocycles. The Hall–Kier alpha value is -0.650. The first-order chi connectivity index (χ1) is 20.7. The van der Waals surface area contributed by atoms with Crippen LogP contribution in [-0.4, -0.2) is 91.0 Å². The number of Topliss-reactive ketones (excluding diaryl/α,β-unsaturated/α-hetero) is 1. The Bertz CT molecular complexity index is 1100. The van der Waals surface area contributed by atoms with E-state index in [0.717, 1.165) is 38.5 Å². The number of fused-ring (bicyclic) bond motifs is 5. The smallest absolute Gasteiger partial charge is 0.187 e. The summed E-state index contributed by atoms with van der Waals surface area (Å²) >= 11 is 0. The molecule has 0 aromatic heterocycles. The van der Waals surface area contributed by atoms with Gasteiger partial charge in [-0.2, -0.15) is 0 Å². The fourth-order valence-corrected chi connectivity index (χ4v) is 11.7. The van der Waals surface area contributed by atoms with E-state index >= 15 is 0 Å². The van der Waals surface area contributed by atoms with Gasteiger partial charge in [0, 0.05) is 12.3 Å². The molecule has 0 spiro atoms. The molecule has 1 heterocycles. The minimum absolute atomic E-state index is 0.0414. The summed E-state index contributed by atoms with van der Waals surface area (Å²) in [6, 6.07) is 0. The summed E-state index contributed by atoms with van der Waals surface area (Å²) in [4.78, 5) is 14.6. The molecule has 5 rings (SSSR count). The van der Waals surface area contributed by atoms with Crippen LogP contribution in [0.3, 0.4) is 0 Å². The van der Waals surface area contributed by atoms with Gasteiger partial charge in [-0.15, -0.1) is 0 Å². The summed E-state index contributed by atoms with van der Waals surface area (Å²) in [5, 5.41) is 63.2. The second-order valence-corrected chi connectivity index (χ2v) is 17.9. The van der Waals surface area contributed by atoms with E-state index in [1.807, 2.05) is 6.92 Å². The van der Waals surface area contributed by atoms with E-state index in [1.54, 1.807) is 13.8 Å². The van der Waals surface area contributed by atoms with Crippen LogP contribution in [0.1, 0.15) is 120 Å². The quantitative estimate of drug-likeness (QED) is 0.233. The van der Waals surface area contributed by atoms with Crippen LogP contribution in [0, 0.1) is 45.3 Å². The van der Waals surface area contributed by atoms with Gasteiger partial charge >= 0.3 is 0 Å². The topological polar surface area (TPSA) is 157 Å². The molecule has 0 aromatic carbocycles. The van der Waals surface area contributed by atoms with E-state index in [0.29, 0.717) is 31.6 Å². The molecule has 0 aromatic rings. The number of carbonyl (C=O) groups excluding carboxylic acids is 1. The summed E-state index contributed by atoms with van der Waals surface area (Å²) in [6.07, 6.45) is 0.190. The highest BCUT2D eigenvalue weighted by molar-refractivity contribution is 5.84. The van der Waals surface area contributed by atoms with E-state index in [9.17, 15) is 35.4 Å². The molecule has 0 bridgehead atoms. The third-order valence-electron chi connectivity index (χ3n) is 14.6. The van der Waals surface area contributed by atoms with Crippen molar-refractivity contribution >= 4 is 5.78 Å². The summed E-state index contributed by atoms with van der Waals surface area (Å²) in [6.45, 7) is 16.5. The van der Waals surface area contributed by atoms with E-state index < -0.39 is 48.5 Å². The third-order valence-corrected chi connectivity index (χ3v) is 14.6. The molecule has 4 saturated carbocycles. The monoisotopic (exact) mass is 638 g/mol. The van der Waals surface area contributed by atoms with Crippen molar-refractivity contribution in [3.63, 3.8) is 0 Å². The lowest BCUT2D eigenvalue weighted by molar-refractivity contribution is -0.333. The lowest BCUT2D eigenvalue weighted by atomic mass is 9.35. The van der Waals surface area contributed by atoms with Crippen molar-refractivity contribution in [2.75, 3.05) is 6.61 Å². The molecule has 1 aliphatic heterocycles. The molecular formula is C36H62O9. The molecule has 45 heavy (non-hydrogen) atoms. The van der Waals surface area contributed by atoms with Crippen molar-refractivity contribution in [3.05, 3.63) is 0 Å². The molecule has 0 unspecified atom stereocenters. The first kappa shape index (κ1) is 35.7. The number of hydrogen-bond acceptors (Lipinski definition) is 9. The van der Waals surface area contributed by atoms with E-state index in [2.05, 4.69) is 34.6 Å². The minimum atomic E-state index is -1.56. The summed E-state index contributed by atoms with van der Waals surface area (Å²) < 4.78 is 12.5. The molecule has 9 nitrogen and oxygen atoms in total. The summed E-state index contributed by atoms with van der Waals surface area (Å²) in [5.41, 5.74) is -2.43. The number of rotatable bonds is 8. The Balaban J connectivity index is 1.48. The van der Waals surface area contributed by atoms with Crippen molar-refractivity contribution in [2.24, 2.45) is 45.3 Å². The second-order valence-electron chi connectivity index (χ2n) is 17.9. The van der Waals surface area contributed by atoms with Crippen LogP contribution >= 0.6 is 0 Å². The second kappa shape index (κ2) is 11.7. The van der Waals surface area contributed by atoms with Gasteiger partial charge in [0.25, 0.3) is 0 Å². The predicted octanol–water partition coefficient (Wildman–Crippen LogP) is 3.73. The molecule has 5 fully saturated rings. The molecule has 0 radical (unpaired) electrons. The maximum atomic E-state index is 14.6. The molecular weight excluding hydrogens is 576 g/mol. The van der Waals surface area contributed by atoms with Crippen molar-refractivity contribution in [3.8, 4) is 0 Å². The average Bonchev–Trinajstić information content (AvgIpc) is 3.32. The van der Waals surface area contributed by atoms with E-state index in [4.69, 9.17) is 9.47 Å². The Morgan fingerprint density at radius 2 is 1.49 bits per heavy atom. The van der Waals surface area contributed by atoms with Gasteiger partial charge in [0.2, 0.25) is 0 Å². The number of ketones is 1. The zero-order valence-electron chi connectivity index (χ0n) is 29.0. The van der Waals surface area contributed by atoms with Crippen LogP contribution in [0.25, 0.3) is 0 Å². The standard InChI is InChI=1S/C36H62O9/c1-31(2,43)13-9-14-36(8,45-30-29(42)28(41)27(40)22(19-37)44-30)20-10-16-35(7)26(20)21(38)18-24-33(5)15-12-25(39)32(3,4)23(33)11-17-34(24,35)6/h20,22-30,37,39-43H,9-19H2,1-8H3/t20-,22+,23-,24+,25-,26-,27+,28-,29+,30-,33-,34+,35+,36-/m0/s1. The molecule has 14 atom stereocenters. The van der Waals surface area contributed by atoms with Crippen molar-refractivity contribution in [1.82, 2.24) is 0 Å². The van der Waals surface area contributed by atoms with Crippen LogP contribution in [0.5, 0.6) is 0 Å². The molecule has 5 aliphatic rings. The highest BCUT2D eigenvalue weighted by Gasteiger charge is 2.72. The van der Waals surface area contributed by atoms with E-state index in [1.165, 1.54) is 0 Å². The maximum absolute atomic E-state index is 14.6. The number of aliphatic hydroxyl groups is 6. The Labute approximate surface area is 270 Å². The lowest BCUT2D eigenvalue weighted by Crippen LogP contribution is -2.66. The van der Waals surface area contributed by atoms with Gasteiger partial charge in [0.05, 0.1) is 23.9 Å². The predicted molar refractivity (Wildman–Crippen MR) is 169 cm³/mol. The van der Waals surface area contributed by atoms with Crippen LogP contribution in [0.15, 0.2) is 0 Å². The number of ether oxygens (including phenoxy) is 2. The van der Waals surface area contributed by atoms with Gasteiger partial charge in [-0.3, -0.25) is 4.79 Å². The average molecular weight is 639 g/mol. The van der Waals surface area contributed by atoms with E-state index in [-0.39, 0.29) is 51.3 Å². The number of carbonyl (C=O) groups is 1. The van der Waals surface area contributed by atoms with Gasteiger partial charge in [-0.05, 0) is 118 Å². The van der Waals surface area contributed by atoms with Crippen molar-refractivity contribution in [1.29, 1.82) is 0 Å². The fourth-order valence-electron chi connectivity index (χ4n) is 11.7. The van der Waals surface area contributed by atoms with Gasteiger partial charge in [-0.1, -0.05) is 34.6 Å². The van der Waals surface area contributed by atoms with Crippen LogP contribution in [-0.2, 0) is 14.3 Å². The fraction of sp³-hybridized carbons (Fsp3) is 0.972. The first-order valence-electron chi connectivity index (χ1n) is 17.6. The number of aliphatic hydroxyl groups excluding tert-OH is 5. The Morgan fingerprint density at radius 3 is 2.11 bits per heavy atom. The largest absolute Gasteiger partial charge is 0.394 e. The normalized spacial score (nSPS) is 49.5. The molecule has 9 heteroatoms. The zero-order chi connectivity index (χ0) is 33.5. The summed E-state index contributed by atoms with van der Waals surface area (Å²) in [5.74, 6) is 0.379. The SMILES string of the molecule is CC(C)(O)CCC[C@](C)(O[C@@H]1O[C@H](CO)[C@@H](O)[C@H](O)[C@H]1O)[C@H]1CC[C@]2(C)[C@@H]1C(=O)C[C@@H]1[C@@]3(C)CC[C@H](O)C(C)(C)[C@@H]3CC[C@]12C. The maximum Gasteiger partial charge on any atom is 0.187 e. The van der Waals surface area contributed by atoms with Gasteiger partial charge < -0.3 is 40.1 Å². The highest BCUT2D eigenvalue weighted by Crippen LogP contribution is 2.75. The molecule has 4 aliphatic carbocycles. The Morgan fingerprint density at radius 1 is 0.844 bits per heavy atom. The molecule has 6 N–H and O–H groups in total. The van der Waals surface area contributed by atoms with Crippen LogP contribution < -0.4 is 0 Å². The molecule has 260 valence electrons. The van der Waals surface area contributed by atoms with Gasteiger partial charge in [-0.25, -0.2) is 0 Å². The summed E-state index contributed by atoms with van der Waals surface area (Å²) in [7, 11) is 0. The van der Waals surface area contributed by atoms with Crippen LogP contribution in [0.2, 0.25) is 0 Å². The highest BCUT2D eigenvalue weighted by atomic mass is 16.7. The lowest BCUT2D eigenvalue weighted by Gasteiger charge is -2.69. The number of hydrogen-bond donors (Lipinski definition) is 6. The molecule has 0 amide bonds.